The highest BCUT2D eigenvalue weighted by Crippen LogP contribution is 2.51. The van der Waals surface area contributed by atoms with Crippen LogP contribution in [0.4, 0.5) is 0 Å². The Hall–Kier alpha value is 0.0969. The lowest BCUT2D eigenvalue weighted by Gasteiger charge is -2.24. The summed E-state index contributed by atoms with van der Waals surface area (Å²) in [6, 6.07) is 0. The Morgan fingerprint density at radius 2 is 1.45 bits per heavy atom. The Labute approximate surface area is 69.0 Å². The van der Waals surface area contributed by atoms with Crippen LogP contribution in [0, 0.1) is 5.92 Å². The summed E-state index contributed by atoms with van der Waals surface area (Å²) >= 11 is 0. The summed E-state index contributed by atoms with van der Waals surface area (Å²) in [7, 11) is 2.77. The van der Waals surface area contributed by atoms with Crippen molar-refractivity contribution in [1.82, 2.24) is 0 Å². The highest BCUT2D eigenvalue weighted by molar-refractivity contribution is 6.63. The second kappa shape index (κ2) is 3.22. The minimum absolute atomic E-state index is 0.530. The predicted octanol–water partition coefficient (Wildman–Crippen LogP) is 1.27. The van der Waals surface area contributed by atoms with E-state index in [-0.39, 0.29) is 0 Å². The molecule has 3 nitrogen and oxygen atoms in total. The maximum absolute atomic E-state index is 5.33. The van der Waals surface area contributed by atoms with Gasteiger partial charge in [0, 0.05) is 26.9 Å². The van der Waals surface area contributed by atoms with Crippen LogP contribution in [0.25, 0.3) is 0 Å². The molecule has 0 heterocycles. The van der Waals surface area contributed by atoms with Gasteiger partial charge in [0.15, 0.2) is 0 Å². The van der Waals surface area contributed by atoms with Crippen molar-refractivity contribution in [3.8, 4) is 0 Å². The minimum Gasteiger partial charge on any atom is -0.377 e. The van der Waals surface area contributed by atoms with Gasteiger partial charge in [-0.15, -0.1) is 0 Å². The molecule has 0 radical (unpaired) electrons. The van der Waals surface area contributed by atoms with Crippen molar-refractivity contribution in [1.29, 1.82) is 0 Å². The van der Waals surface area contributed by atoms with Crippen molar-refractivity contribution in [2.75, 3.05) is 21.3 Å². The summed E-state index contributed by atoms with van der Waals surface area (Å²) in [6.07, 6.45) is 1.18. The second-order valence-corrected chi connectivity index (χ2v) is 6.21. The van der Waals surface area contributed by atoms with Crippen LogP contribution < -0.4 is 0 Å². The average molecular weight is 176 g/mol. The lowest BCUT2D eigenvalue weighted by atomic mass is 10.5. The molecule has 1 rings (SSSR count). The molecule has 1 aliphatic carbocycles. The summed E-state index contributed by atoms with van der Waals surface area (Å²) in [5, 5.41) is 0. The van der Waals surface area contributed by atoms with Gasteiger partial charge >= 0.3 is 8.80 Å². The van der Waals surface area contributed by atoms with Crippen molar-refractivity contribution in [2.24, 2.45) is 5.92 Å². The number of hydrogen-bond acceptors (Lipinski definition) is 3. The molecule has 0 spiro atoms. The van der Waals surface area contributed by atoms with Gasteiger partial charge in [0.2, 0.25) is 0 Å². The van der Waals surface area contributed by atoms with E-state index in [4.69, 9.17) is 13.3 Å². The van der Waals surface area contributed by atoms with Gasteiger partial charge in [-0.05, 0) is 12.3 Å². The molecule has 0 amide bonds. The number of rotatable bonds is 4. The van der Waals surface area contributed by atoms with Crippen LogP contribution in [-0.2, 0) is 13.3 Å². The molecule has 0 saturated heterocycles. The van der Waals surface area contributed by atoms with E-state index >= 15 is 0 Å². The van der Waals surface area contributed by atoms with E-state index in [1.54, 1.807) is 21.3 Å². The van der Waals surface area contributed by atoms with Gasteiger partial charge in [-0.3, -0.25) is 0 Å². The van der Waals surface area contributed by atoms with Crippen LogP contribution in [0.3, 0.4) is 0 Å². The Kier molecular flexibility index (Phi) is 2.69. The van der Waals surface area contributed by atoms with Crippen molar-refractivity contribution >= 4 is 8.80 Å². The minimum atomic E-state index is -2.25. The van der Waals surface area contributed by atoms with E-state index in [2.05, 4.69) is 6.92 Å². The highest BCUT2D eigenvalue weighted by Gasteiger charge is 2.58. The molecule has 0 aromatic heterocycles. The molecule has 0 aromatic carbocycles. The van der Waals surface area contributed by atoms with Gasteiger partial charge in [0.05, 0.1) is 0 Å². The first-order valence-corrected chi connectivity index (χ1v) is 5.66. The summed E-state index contributed by atoms with van der Waals surface area (Å²) in [6.45, 7) is 2.20. The standard InChI is InChI=1S/C7H16O3Si/c1-6-5-7(6)11(8-2,9-3)10-4/h6-7H,5H2,1-4H3. The zero-order chi connectivity index (χ0) is 8.48. The Morgan fingerprint density at radius 1 is 1.09 bits per heavy atom. The molecule has 2 atom stereocenters. The molecule has 0 N–H and O–H groups in total. The van der Waals surface area contributed by atoms with E-state index < -0.39 is 8.80 Å². The molecule has 1 aliphatic rings. The zero-order valence-electron chi connectivity index (χ0n) is 7.59. The normalized spacial score (nSPS) is 30.5. The van der Waals surface area contributed by atoms with E-state index in [9.17, 15) is 0 Å². The molecule has 0 bridgehead atoms. The topological polar surface area (TPSA) is 27.7 Å². The molecule has 66 valence electrons. The lowest BCUT2D eigenvalue weighted by Crippen LogP contribution is -2.43. The van der Waals surface area contributed by atoms with Crippen molar-refractivity contribution in [2.45, 2.75) is 18.9 Å². The molecule has 4 heteroatoms. The molecular weight excluding hydrogens is 160 g/mol. The molecule has 11 heavy (non-hydrogen) atoms. The van der Waals surface area contributed by atoms with E-state index in [1.807, 2.05) is 0 Å². The third-order valence-electron chi connectivity index (χ3n) is 2.42. The zero-order valence-corrected chi connectivity index (χ0v) is 8.59. The van der Waals surface area contributed by atoms with E-state index in [0.29, 0.717) is 11.5 Å². The summed E-state index contributed by atoms with van der Waals surface area (Å²) in [5.41, 5.74) is 0.530. The molecule has 1 saturated carbocycles. The van der Waals surface area contributed by atoms with Gasteiger partial charge in [-0.25, -0.2) is 0 Å². The van der Waals surface area contributed by atoms with Crippen LogP contribution in [-0.4, -0.2) is 30.1 Å². The fourth-order valence-corrected chi connectivity index (χ4v) is 4.28. The smallest absolute Gasteiger partial charge is 0.377 e. The fraction of sp³-hybridized carbons (Fsp3) is 1.00. The third kappa shape index (κ3) is 1.49. The molecule has 0 aliphatic heterocycles. The first-order chi connectivity index (χ1) is 5.20. The third-order valence-corrected chi connectivity index (χ3v) is 5.84. The fourth-order valence-electron chi connectivity index (χ4n) is 1.52. The quantitative estimate of drug-likeness (QED) is 0.604. The first kappa shape index (κ1) is 9.19. The van der Waals surface area contributed by atoms with Crippen LogP contribution in [0.1, 0.15) is 13.3 Å². The van der Waals surface area contributed by atoms with Gasteiger partial charge in [-0.1, -0.05) is 6.92 Å². The van der Waals surface area contributed by atoms with Crippen LogP contribution in [0.5, 0.6) is 0 Å². The van der Waals surface area contributed by atoms with Crippen molar-refractivity contribution in [3.05, 3.63) is 0 Å². The van der Waals surface area contributed by atoms with Gasteiger partial charge in [0.1, 0.15) is 0 Å². The predicted molar refractivity (Wildman–Crippen MR) is 44.3 cm³/mol. The lowest BCUT2D eigenvalue weighted by molar-refractivity contribution is 0.120. The van der Waals surface area contributed by atoms with Gasteiger partial charge < -0.3 is 13.3 Å². The molecule has 0 aromatic rings. The number of hydrogen-bond donors (Lipinski definition) is 0. The van der Waals surface area contributed by atoms with Crippen LogP contribution in [0.2, 0.25) is 5.54 Å². The van der Waals surface area contributed by atoms with Crippen LogP contribution in [0.15, 0.2) is 0 Å². The monoisotopic (exact) mass is 176 g/mol. The van der Waals surface area contributed by atoms with Crippen molar-refractivity contribution in [3.63, 3.8) is 0 Å². The molecule has 1 fully saturated rings. The first-order valence-electron chi connectivity index (χ1n) is 3.85. The maximum Gasteiger partial charge on any atom is 0.503 e. The average Bonchev–Trinajstić information content (AvgIpc) is 2.73. The van der Waals surface area contributed by atoms with Gasteiger partial charge in [0.25, 0.3) is 0 Å². The summed E-state index contributed by atoms with van der Waals surface area (Å²) in [4.78, 5) is 0. The summed E-state index contributed by atoms with van der Waals surface area (Å²) in [5.74, 6) is 0.710. The van der Waals surface area contributed by atoms with Gasteiger partial charge in [-0.2, -0.15) is 0 Å². The highest BCUT2D eigenvalue weighted by atomic mass is 28.4. The SMILES string of the molecule is CO[Si](OC)(OC)C1CC1C. The second-order valence-electron chi connectivity index (χ2n) is 3.04. The van der Waals surface area contributed by atoms with E-state index in [1.165, 1.54) is 6.42 Å². The Balaban J connectivity index is 2.57. The van der Waals surface area contributed by atoms with Crippen LogP contribution >= 0.6 is 0 Å². The van der Waals surface area contributed by atoms with E-state index in [0.717, 1.165) is 0 Å². The Bertz CT molecular complexity index is 127. The van der Waals surface area contributed by atoms with Crippen molar-refractivity contribution < 1.29 is 13.3 Å². The molecular formula is C7H16O3Si. The molecule has 2 unspecified atom stereocenters. The largest absolute Gasteiger partial charge is 0.503 e. The maximum atomic E-state index is 5.33. The Morgan fingerprint density at radius 3 is 1.55 bits per heavy atom. The summed E-state index contributed by atoms with van der Waals surface area (Å²) < 4.78 is 16.0.